The van der Waals surface area contributed by atoms with Crippen molar-refractivity contribution in [2.24, 2.45) is 0 Å². The van der Waals surface area contributed by atoms with Crippen LogP contribution in [0.1, 0.15) is 22.5 Å². The van der Waals surface area contributed by atoms with Crippen LogP contribution in [0.25, 0.3) is 5.69 Å². The maximum Gasteiger partial charge on any atom is 0.131 e. The van der Waals surface area contributed by atoms with Gasteiger partial charge in [0.15, 0.2) is 0 Å². The number of aromatic nitrogens is 3. The second kappa shape index (κ2) is 3.91. The third-order valence-electron chi connectivity index (χ3n) is 2.92. The molecule has 2 aromatic rings. The number of hydrogen-bond acceptors (Lipinski definition) is 2. The minimum Gasteiger partial charge on any atom is -0.244 e. The van der Waals surface area contributed by atoms with E-state index in [1.807, 2.05) is 24.6 Å². The summed E-state index contributed by atoms with van der Waals surface area (Å²) < 4.78 is 1.92. The molecule has 0 aliphatic carbocycles. The summed E-state index contributed by atoms with van der Waals surface area (Å²) in [6.07, 6.45) is 1.77. The van der Waals surface area contributed by atoms with E-state index in [-0.39, 0.29) is 0 Å². The van der Waals surface area contributed by atoms with Crippen LogP contribution in [0, 0.1) is 27.7 Å². The molecule has 3 nitrogen and oxygen atoms in total. The van der Waals surface area contributed by atoms with E-state index < -0.39 is 0 Å². The highest BCUT2D eigenvalue weighted by Gasteiger charge is 2.11. The first-order chi connectivity index (χ1) is 7.50. The molecule has 0 N–H and O–H groups in total. The van der Waals surface area contributed by atoms with Gasteiger partial charge in [0.05, 0.1) is 11.4 Å². The maximum absolute atomic E-state index is 5.91. The molecule has 2 aromatic heterocycles. The third-order valence-corrected chi connectivity index (χ3v) is 3.13. The quantitative estimate of drug-likeness (QED) is 0.711. The number of aryl methyl sites for hydroxylation is 2. The Hall–Kier alpha value is -1.35. The second-order valence-corrected chi connectivity index (χ2v) is 4.39. The van der Waals surface area contributed by atoms with Gasteiger partial charge in [-0.3, -0.25) is 0 Å². The fourth-order valence-corrected chi connectivity index (χ4v) is 1.82. The molecule has 2 rings (SSSR count). The van der Waals surface area contributed by atoms with Gasteiger partial charge in [-0.2, -0.15) is 5.10 Å². The number of nitrogens with zero attached hydrogens (tertiary/aromatic N) is 3. The largest absolute Gasteiger partial charge is 0.244 e. The van der Waals surface area contributed by atoms with Crippen LogP contribution in [0.15, 0.2) is 12.3 Å². The topological polar surface area (TPSA) is 30.7 Å². The molecule has 0 unspecified atom stereocenters. The number of halogens is 1. The molecule has 0 bridgehead atoms. The molecular formula is C12H14ClN3. The van der Waals surface area contributed by atoms with E-state index >= 15 is 0 Å². The van der Waals surface area contributed by atoms with Crippen LogP contribution in [0.3, 0.4) is 0 Å². The predicted molar refractivity (Wildman–Crippen MR) is 65.3 cm³/mol. The average molecular weight is 236 g/mol. The van der Waals surface area contributed by atoms with Gasteiger partial charge in [0, 0.05) is 18.0 Å². The summed E-state index contributed by atoms with van der Waals surface area (Å²) in [5.74, 6) is 0. The third kappa shape index (κ3) is 1.71. The molecule has 0 aromatic carbocycles. The zero-order valence-corrected chi connectivity index (χ0v) is 10.6. The number of rotatable bonds is 1. The highest BCUT2D eigenvalue weighted by molar-refractivity contribution is 6.29. The highest BCUT2D eigenvalue weighted by atomic mass is 35.5. The summed E-state index contributed by atoms with van der Waals surface area (Å²) in [5.41, 5.74) is 5.46. The normalized spacial score (nSPS) is 10.8. The van der Waals surface area contributed by atoms with Crippen LogP contribution in [0.4, 0.5) is 0 Å². The lowest BCUT2D eigenvalue weighted by atomic mass is 10.2. The Balaban J connectivity index is 2.67. The average Bonchev–Trinajstić information content (AvgIpc) is 2.50. The Morgan fingerprint density at radius 1 is 1.19 bits per heavy atom. The first-order valence-corrected chi connectivity index (χ1v) is 5.54. The molecule has 4 heteroatoms. The van der Waals surface area contributed by atoms with Crippen molar-refractivity contribution in [2.45, 2.75) is 27.7 Å². The van der Waals surface area contributed by atoms with Crippen molar-refractivity contribution in [1.82, 2.24) is 14.8 Å². The van der Waals surface area contributed by atoms with Crippen molar-refractivity contribution in [1.29, 1.82) is 0 Å². The first-order valence-electron chi connectivity index (χ1n) is 5.16. The highest BCUT2D eigenvalue weighted by Crippen LogP contribution is 2.21. The Morgan fingerprint density at radius 2 is 1.88 bits per heavy atom. The molecule has 0 aliphatic heterocycles. The van der Waals surface area contributed by atoms with Crippen molar-refractivity contribution in [3.63, 3.8) is 0 Å². The summed E-state index contributed by atoms with van der Waals surface area (Å²) in [5, 5.41) is 5.00. The van der Waals surface area contributed by atoms with Gasteiger partial charge >= 0.3 is 0 Å². The summed E-state index contributed by atoms with van der Waals surface area (Å²) in [6, 6.07) is 1.84. The molecule has 2 heterocycles. The summed E-state index contributed by atoms with van der Waals surface area (Å²) in [7, 11) is 0. The minimum atomic E-state index is 0.491. The van der Waals surface area contributed by atoms with E-state index in [1.54, 1.807) is 6.20 Å². The molecule has 16 heavy (non-hydrogen) atoms. The van der Waals surface area contributed by atoms with Gasteiger partial charge in [-0.15, -0.1) is 0 Å². The van der Waals surface area contributed by atoms with Crippen molar-refractivity contribution >= 4 is 11.6 Å². The fraction of sp³-hybridized carbons (Fsp3) is 0.333. The van der Waals surface area contributed by atoms with E-state index in [2.05, 4.69) is 23.9 Å². The SMILES string of the molecule is Cc1cnc(Cl)cc1-n1nc(C)c(C)c1C. The maximum atomic E-state index is 5.91. The van der Waals surface area contributed by atoms with Crippen LogP contribution < -0.4 is 0 Å². The van der Waals surface area contributed by atoms with E-state index in [0.29, 0.717) is 5.15 Å². The van der Waals surface area contributed by atoms with E-state index in [9.17, 15) is 0 Å². The lowest BCUT2D eigenvalue weighted by Gasteiger charge is -2.08. The van der Waals surface area contributed by atoms with Gasteiger partial charge in [-0.25, -0.2) is 9.67 Å². The van der Waals surface area contributed by atoms with E-state index in [0.717, 1.165) is 22.6 Å². The molecule has 0 radical (unpaired) electrons. The van der Waals surface area contributed by atoms with E-state index in [4.69, 9.17) is 11.6 Å². The Bertz CT molecular complexity index is 543. The molecule has 0 atom stereocenters. The Morgan fingerprint density at radius 3 is 2.44 bits per heavy atom. The monoisotopic (exact) mass is 235 g/mol. The molecule has 84 valence electrons. The number of pyridine rings is 1. The van der Waals surface area contributed by atoms with Gasteiger partial charge in [0.25, 0.3) is 0 Å². The Labute approximate surface area is 100 Å². The van der Waals surface area contributed by atoms with Gasteiger partial charge in [-0.05, 0) is 38.8 Å². The molecule has 0 saturated carbocycles. The van der Waals surface area contributed by atoms with Gasteiger partial charge in [0.1, 0.15) is 5.15 Å². The Kier molecular flexibility index (Phi) is 2.72. The van der Waals surface area contributed by atoms with Gasteiger partial charge in [-0.1, -0.05) is 11.6 Å². The minimum absolute atomic E-state index is 0.491. The molecule has 0 saturated heterocycles. The van der Waals surface area contributed by atoms with Crippen molar-refractivity contribution < 1.29 is 0 Å². The molecule has 0 spiro atoms. The zero-order valence-electron chi connectivity index (χ0n) is 9.87. The lowest BCUT2D eigenvalue weighted by molar-refractivity contribution is 0.824. The van der Waals surface area contributed by atoms with Gasteiger partial charge < -0.3 is 0 Å². The van der Waals surface area contributed by atoms with Crippen LogP contribution >= 0.6 is 11.6 Å². The molecular weight excluding hydrogens is 222 g/mol. The van der Waals surface area contributed by atoms with Crippen molar-refractivity contribution in [3.8, 4) is 5.69 Å². The van der Waals surface area contributed by atoms with Crippen LogP contribution in [-0.2, 0) is 0 Å². The zero-order chi connectivity index (χ0) is 11.9. The summed E-state index contributed by atoms with van der Waals surface area (Å²) in [4.78, 5) is 4.05. The molecule has 0 fully saturated rings. The van der Waals surface area contributed by atoms with Crippen LogP contribution in [0.2, 0.25) is 5.15 Å². The standard InChI is InChI=1S/C12H14ClN3/c1-7-6-14-12(13)5-11(7)16-10(4)8(2)9(3)15-16/h5-6H,1-4H3. The van der Waals surface area contributed by atoms with Crippen LogP contribution in [0.5, 0.6) is 0 Å². The van der Waals surface area contributed by atoms with Crippen LogP contribution in [-0.4, -0.2) is 14.8 Å². The number of hydrogen-bond donors (Lipinski definition) is 0. The van der Waals surface area contributed by atoms with Crippen molar-refractivity contribution in [3.05, 3.63) is 39.9 Å². The van der Waals surface area contributed by atoms with Crippen molar-refractivity contribution in [2.75, 3.05) is 0 Å². The summed E-state index contributed by atoms with van der Waals surface area (Å²) in [6.45, 7) is 8.15. The summed E-state index contributed by atoms with van der Waals surface area (Å²) >= 11 is 5.91. The molecule has 0 aliphatic rings. The lowest BCUT2D eigenvalue weighted by Crippen LogP contribution is -2.02. The predicted octanol–water partition coefficient (Wildman–Crippen LogP) is 3.15. The smallest absolute Gasteiger partial charge is 0.131 e. The van der Waals surface area contributed by atoms with Gasteiger partial charge in [0.2, 0.25) is 0 Å². The second-order valence-electron chi connectivity index (χ2n) is 4.00. The molecule has 0 amide bonds. The first kappa shape index (κ1) is 11.1. The fourth-order valence-electron chi connectivity index (χ4n) is 1.67. The van der Waals surface area contributed by atoms with E-state index in [1.165, 1.54) is 5.56 Å².